The molecule has 0 aliphatic heterocycles. The lowest BCUT2D eigenvalue weighted by Gasteiger charge is -2.17. The fourth-order valence-corrected chi connectivity index (χ4v) is 1.40. The van der Waals surface area contributed by atoms with E-state index >= 15 is 0 Å². The van der Waals surface area contributed by atoms with Crippen molar-refractivity contribution >= 4 is 17.6 Å². The van der Waals surface area contributed by atoms with Gasteiger partial charge in [0.1, 0.15) is 5.82 Å². The maximum atomic E-state index is 13.1. The van der Waals surface area contributed by atoms with Gasteiger partial charge in [0.2, 0.25) is 11.9 Å². The highest BCUT2D eigenvalue weighted by Crippen LogP contribution is 2.22. The van der Waals surface area contributed by atoms with E-state index in [9.17, 15) is 4.39 Å². The minimum atomic E-state index is -0.339. The Hall–Kier alpha value is -2.44. The number of anilines is 3. The molecule has 1 aromatic heterocycles. The summed E-state index contributed by atoms with van der Waals surface area (Å²) >= 11 is 0. The molecule has 18 heavy (non-hydrogen) atoms. The Bertz CT molecular complexity index is 563. The molecule has 0 fully saturated rings. The van der Waals surface area contributed by atoms with Crippen LogP contribution in [0.15, 0.2) is 24.3 Å². The molecule has 0 saturated heterocycles. The van der Waals surface area contributed by atoms with E-state index in [1.54, 1.807) is 24.1 Å². The molecule has 0 aliphatic rings. The first-order valence-electron chi connectivity index (χ1n) is 5.15. The molecule has 1 aromatic carbocycles. The van der Waals surface area contributed by atoms with Crippen LogP contribution in [-0.4, -0.2) is 29.1 Å². The molecule has 0 aliphatic carbocycles. The van der Waals surface area contributed by atoms with Gasteiger partial charge in [-0.1, -0.05) is 6.07 Å². The molecule has 94 valence electrons. The minimum Gasteiger partial charge on any atom is -0.467 e. The normalized spacial score (nSPS) is 10.2. The predicted octanol–water partition coefficient (Wildman–Crippen LogP) is 1.37. The number of nitrogens with two attached hydrogens (primary N) is 1. The Labute approximate surface area is 103 Å². The quantitative estimate of drug-likeness (QED) is 0.885. The zero-order valence-electron chi connectivity index (χ0n) is 9.96. The maximum absolute atomic E-state index is 13.1. The summed E-state index contributed by atoms with van der Waals surface area (Å²) < 4.78 is 18.0. The van der Waals surface area contributed by atoms with Crippen LogP contribution in [0.2, 0.25) is 0 Å². The van der Waals surface area contributed by atoms with Crippen LogP contribution in [-0.2, 0) is 0 Å². The molecule has 0 amide bonds. The Morgan fingerprint density at radius 3 is 2.72 bits per heavy atom. The van der Waals surface area contributed by atoms with Gasteiger partial charge in [0.15, 0.2) is 0 Å². The highest BCUT2D eigenvalue weighted by Gasteiger charge is 2.11. The van der Waals surface area contributed by atoms with Crippen molar-refractivity contribution in [1.82, 2.24) is 15.0 Å². The maximum Gasteiger partial charge on any atom is 0.322 e. The molecule has 0 bridgehead atoms. The molecule has 2 rings (SSSR count). The van der Waals surface area contributed by atoms with Gasteiger partial charge in [-0.05, 0) is 18.2 Å². The Balaban J connectivity index is 2.39. The van der Waals surface area contributed by atoms with Crippen molar-refractivity contribution in [3.63, 3.8) is 0 Å². The number of benzene rings is 1. The third-order valence-electron chi connectivity index (χ3n) is 2.30. The second-order valence-electron chi connectivity index (χ2n) is 3.52. The molecule has 0 saturated carbocycles. The Morgan fingerprint density at radius 2 is 2.06 bits per heavy atom. The van der Waals surface area contributed by atoms with Crippen molar-refractivity contribution in [3.05, 3.63) is 30.1 Å². The third-order valence-corrected chi connectivity index (χ3v) is 2.30. The van der Waals surface area contributed by atoms with Crippen LogP contribution in [0.4, 0.5) is 22.0 Å². The number of aromatic nitrogens is 3. The van der Waals surface area contributed by atoms with Crippen molar-refractivity contribution in [2.45, 2.75) is 0 Å². The Morgan fingerprint density at radius 1 is 1.28 bits per heavy atom. The molecule has 1 heterocycles. The summed E-state index contributed by atoms with van der Waals surface area (Å²) in [4.78, 5) is 13.4. The van der Waals surface area contributed by atoms with Gasteiger partial charge in [0.05, 0.1) is 7.11 Å². The van der Waals surface area contributed by atoms with E-state index in [2.05, 4.69) is 15.0 Å². The fraction of sp³-hybridized carbons (Fsp3) is 0.182. The highest BCUT2D eigenvalue weighted by molar-refractivity contribution is 5.56. The topological polar surface area (TPSA) is 77.2 Å². The van der Waals surface area contributed by atoms with E-state index in [0.717, 1.165) is 0 Å². The second-order valence-corrected chi connectivity index (χ2v) is 3.52. The van der Waals surface area contributed by atoms with E-state index in [4.69, 9.17) is 10.5 Å². The number of nitrogen functional groups attached to an aromatic ring is 1. The summed E-state index contributed by atoms with van der Waals surface area (Å²) in [5.41, 5.74) is 6.14. The zero-order valence-corrected chi connectivity index (χ0v) is 9.96. The van der Waals surface area contributed by atoms with Gasteiger partial charge in [-0.25, -0.2) is 4.39 Å². The lowest BCUT2D eigenvalue weighted by molar-refractivity contribution is 0.379. The molecule has 0 radical (unpaired) electrons. The van der Waals surface area contributed by atoms with E-state index < -0.39 is 0 Å². The summed E-state index contributed by atoms with van der Waals surface area (Å²) in [5, 5.41) is 0. The summed E-state index contributed by atoms with van der Waals surface area (Å²) in [5.74, 6) is -0.0154. The standard InChI is InChI=1S/C11H12FN5O/c1-17(8-5-3-4-7(12)6-8)10-14-9(13)15-11(16-10)18-2/h3-6H,1-2H3,(H2,13,14,15,16). The lowest BCUT2D eigenvalue weighted by atomic mass is 10.3. The monoisotopic (exact) mass is 249 g/mol. The molecule has 2 aromatic rings. The number of hydrogen-bond donors (Lipinski definition) is 1. The van der Waals surface area contributed by atoms with Crippen molar-refractivity contribution in [2.24, 2.45) is 0 Å². The Kier molecular flexibility index (Phi) is 3.22. The highest BCUT2D eigenvalue weighted by atomic mass is 19.1. The van der Waals surface area contributed by atoms with E-state index in [-0.39, 0.29) is 23.7 Å². The lowest BCUT2D eigenvalue weighted by Crippen LogP contribution is -2.15. The van der Waals surface area contributed by atoms with E-state index in [1.807, 2.05) is 0 Å². The number of methoxy groups -OCH3 is 1. The van der Waals surface area contributed by atoms with Gasteiger partial charge in [0, 0.05) is 12.7 Å². The molecular formula is C11H12FN5O. The molecule has 0 unspecified atom stereocenters. The summed E-state index contributed by atoms with van der Waals surface area (Å²) in [6.07, 6.45) is 0. The van der Waals surface area contributed by atoms with Crippen LogP contribution in [0.5, 0.6) is 6.01 Å². The van der Waals surface area contributed by atoms with Crippen LogP contribution >= 0.6 is 0 Å². The fourth-order valence-electron chi connectivity index (χ4n) is 1.40. The SMILES string of the molecule is COc1nc(N)nc(N(C)c2cccc(F)c2)n1. The van der Waals surface area contributed by atoms with Crippen LogP contribution in [0.3, 0.4) is 0 Å². The zero-order chi connectivity index (χ0) is 13.1. The van der Waals surface area contributed by atoms with Crippen molar-refractivity contribution in [1.29, 1.82) is 0 Å². The number of nitrogens with zero attached hydrogens (tertiary/aromatic N) is 4. The van der Waals surface area contributed by atoms with Gasteiger partial charge in [-0.2, -0.15) is 15.0 Å². The van der Waals surface area contributed by atoms with Gasteiger partial charge in [0.25, 0.3) is 0 Å². The van der Waals surface area contributed by atoms with Crippen LogP contribution in [0, 0.1) is 5.82 Å². The molecule has 2 N–H and O–H groups in total. The minimum absolute atomic E-state index is 0.0418. The van der Waals surface area contributed by atoms with Crippen LogP contribution in [0.25, 0.3) is 0 Å². The molecule has 7 heteroatoms. The van der Waals surface area contributed by atoms with Crippen molar-refractivity contribution in [2.75, 3.05) is 24.8 Å². The van der Waals surface area contributed by atoms with E-state index in [1.165, 1.54) is 19.2 Å². The summed E-state index contributed by atoms with van der Waals surface area (Å²) in [7, 11) is 3.13. The first-order valence-corrected chi connectivity index (χ1v) is 5.15. The predicted molar refractivity (Wildman–Crippen MR) is 65.3 cm³/mol. The average Bonchev–Trinajstić information content (AvgIpc) is 2.37. The molecule has 6 nitrogen and oxygen atoms in total. The van der Waals surface area contributed by atoms with E-state index in [0.29, 0.717) is 5.69 Å². The van der Waals surface area contributed by atoms with Gasteiger partial charge >= 0.3 is 6.01 Å². The van der Waals surface area contributed by atoms with Crippen LogP contribution in [0.1, 0.15) is 0 Å². The molecular weight excluding hydrogens is 237 g/mol. The third kappa shape index (κ3) is 2.45. The molecule has 0 atom stereocenters. The number of halogens is 1. The first kappa shape index (κ1) is 12.0. The average molecular weight is 249 g/mol. The summed E-state index contributed by atoms with van der Waals surface area (Å²) in [6, 6.07) is 6.17. The second kappa shape index (κ2) is 4.82. The van der Waals surface area contributed by atoms with Crippen LogP contribution < -0.4 is 15.4 Å². The first-order chi connectivity index (χ1) is 8.60. The largest absolute Gasteiger partial charge is 0.467 e. The number of rotatable bonds is 3. The number of ether oxygens (including phenoxy) is 1. The van der Waals surface area contributed by atoms with Gasteiger partial charge in [-0.15, -0.1) is 0 Å². The smallest absolute Gasteiger partial charge is 0.322 e. The van der Waals surface area contributed by atoms with Crippen molar-refractivity contribution < 1.29 is 9.13 Å². The molecule has 0 spiro atoms. The van der Waals surface area contributed by atoms with Gasteiger partial charge in [-0.3, -0.25) is 0 Å². The summed E-state index contributed by atoms with van der Waals surface area (Å²) in [6.45, 7) is 0. The van der Waals surface area contributed by atoms with Crippen molar-refractivity contribution in [3.8, 4) is 6.01 Å². The number of hydrogen-bond acceptors (Lipinski definition) is 6. The van der Waals surface area contributed by atoms with Gasteiger partial charge < -0.3 is 15.4 Å².